The summed E-state index contributed by atoms with van der Waals surface area (Å²) in [6.07, 6.45) is 1.57. The van der Waals surface area contributed by atoms with Crippen molar-refractivity contribution >= 4 is 11.9 Å². The van der Waals surface area contributed by atoms with Crippen LogP contribution in [0.3, 0.4) is 0 Å². The number of ether oxygens (including phenoxy) is 1. The smallest absolute Gasteiger partial charge is 0.326 e. The van der Waals surface area contributed by atoms with E-state index in [1.165, 1.54) is 0 Å². The van der Waals surface area contributed by atoms with Gasteiger partial charge < -0.3 is 14.4 Å². The SMILES string of the molecule is CC(C)(C)OC(=O)Cn1cccc1CC(=O)O. The standard InChI is InChI=1S/C12H17NO4/c1-12(2,3)17-11(16)8-13-6-4-5-9(13)7-10(14)15/h4-6H,7-8H2,1-3H3,(H,14,15). The lowest BCUT2D eigenvalue weighted by atomic mass is 10.2. The highest BCUT2D eigenvalue weighted by molar-refractivity contribution is 5.71. The van der Waals surface area contributed by atoms with Crippen LogP contribution < -0.4 is 0 Å². The molecular formula is C12H17NO4. The van der Waals surface area contributed by atoms with Crippen molar-refractivity contribution in [1.82, 2.24) is 4.57 Å². The van der Waals surface area contributed by atoms with Gasteiger partial charge in [0.2, 0.25) is 0 Å². The number of carboxylic acids is 1. The minimum absolute atomic E-state index is 0.0346. The zero-order valence-electron chi connectivity index (χ0n) is 10.3. The van der Waals surface area contributed by atoms with E-state index in [0.29, 0.717) is 5.69 Å². The first-order valence-corrected chi connectivity index (χ1v) is 5.35. The topological polar surface area (TPSA) is 68.5 Å². The Morgan fingerprint density at radius 3 is 2.59 bits per heavy atom. The molecule has 1 aromatic rings. The fourth-order valence-electron chi connectivity index (χ4n) is 1.43. The third kappa shape index (κ3) is 4.72. The lowest BCUT2D eigenvalue weighted by Gasteiger charge is -2.20. The van der Waals surface area contributed by atoms with E-state index in [0.717, 1.165) is 0 Å². The minimum atomic E-state index is -0.922. The molecule has 1 rings (SSSR count). The molecule has 0 unspecified atom stereocenters. The van der Waals surface area contributed by atoms with Crippen LogP contribution in [0.2, 0.25) is 0 Å². The van der Waals surface area contributed by atoms with Crippen molar-refractivity contribution in [2.24, 2.45) is 0 Å². The molecule has 0 amide bonds. The third-order valence-electron chi connectivity index (χ3n) is 1.98. The summed E-state index contributed by atoms with van der Waals surface area (Å²) < 4.78 is 6.75. The molecule has 0 radical (unpaired) electrons. The average molecular weight is 239 g/mol. The average Bonchev–Trinajstić information content (AvgIpc) is 2.47. The van der Waals surface area contributed by atoms with Crippen molar-refractivity contribution in [3.05, 3.63) is 24.0 Å². The van der Waals surface area contributed by atoms with Crippen molar-refractivity contribution in [1.29, 1.82) is 0 Å². The van der Waals surface area contributed by atoms with Crippen molar-refractivity contribution in [3.63, 3.8) is 0 Å². The van der Waals surface area contributed by atoms with Crippen LogP contribution in [0.15, 0.2) is 18.3 Å². The Hall–Kier alpha value is -1.78. The van der Waals surface area contributed by atoms with E-state index in [2.05, 4.69) is 0 Å². The summed E-state index contributed by atoms with van der Waals surface area (Å²) in [6.45, 7) is 5.41. The van der Waals surface area contributed by atoms with Crippen molar-refractivity contribution in [3.8, 4) is 0 Å². The lowest BCUT2D eigenvalue weighted by molar-refractivity contribution is -0.155. The Morgan fingerprint density at radius 1 is 1.41 bits per heavy atom. The van der Waals surface area contributed by atoms with Crippen molar-refractivity contribution < 1.29 is 19.4 Å². The summed E-state index contributed by atoms with van der Waals surface area (Å²) >= 11 is 0. The van der Waals surface area contributed by atoms with Gasteiger partial charge in [-0.2, -0.15) is 0 Å². The normalized spacial score (nSPS) is 11.2. The summed E-state index contributed by atoms with van der Waals surface area (Å²) in [7, 11) is 0. The zero-order valence-corrected chi connectivity index (χ0v) is 10.3. The summed E-state index contributed by atoms with van der Waals surface area (Å²) in [4.78, 5) is 22.2. The first-order valence-electron chi connectivity index (χ1n) is 5.35. The van der Waals surface area contributed by atoms with Gasteiger partial charge >= 0.3 is 11.9 Å². The molecular weight excluding hydrogens is 222 g/mol. The van der Waals surface area contributed by atoms with Gasteiger partial charge in [-0.05, 0) is 32.9 Å². The molecule has 0 fully saturated rings. The number of carbonyl (C=O) groups is 2. The molecule has 0 atom stereocenters. The molecule has 0 spiro atoms. The molecule has 17 heavy (non-hydrogen) atoms. The highest BCUT2D eigenvalue weighted by Crippen LogP contribution is 2.09. The minimum Gasteiger partial charge on any atom is -0.481 e. The van der Waals surface area contributed by atoms with Crippen LogP contribution in [0.5, 0.6) is 0 Å². The molecule has 0 saturated heterocycles. The maximum Gasteiger partial charge on any atom is 0.326 e. The Morgan fingerprint density at radius 2 is 2.06 bits per heavy atom. The van der Waals surface area contributed by atoms with Crippen LogP contribution in [0.25, 0.3) is 0 Å². The molecule has 0 aliphatic rings. The van der Waals surface area contributed by atoms with Gasteiger partial charge in [-0.1, -0.05) is 0 Å². The van der Waals surface area contributed by atoms with E-state index < -0.39 is 11.6 Å². The number of nitrogens with zero attached hydrogens (tertiary/aromatic N) is 1. The molecule has 0 aliphatic heterocycles. The van der Waals surface area contributed by atoms with Crippen LogP contribution in [0.4, 0.5) is 0 Å². The molecule has 1 heterocycles. The molecule has 1 N–H and O–H groups in total. The quantitative estimate of drug-likeness (QED) is 0.807. The van der Waals surface area contributed by atoms with Gasteiger partial charge in [0.25, 0.3) is 0 Å². The third-order valence-corrected chi connectivity index (χ3v) is 1.98. The number of aliphatic carboxylic acids is 1. The summed E-state index contributed by atoms with van der Waals surface area (Å²) in [5.74, 6) is -1.30. The number of esters is 1. The van der Waals surface area contributed by atoms with Crippen LogP contribution in [-0.4, -0.2) is 27.2 Å². The van der Waals surface area contributed by atoms with E-state index in [4.69, 9.17) is 9.84 Å². The molecule has 1 aromatic heterocycles. The van der Waals surface area contributed by atoms with Gasteiger partial charge in [-0.25, -0.2) is 0 Å². The van der Waals surface area contributed by atoms with Crippen LogP contribution in [-0.2, 0) is 27.3 Å². The number of rotatable bonds is 4. The van der Waals surface area contributed by atoms with Crippen molar-refractivity contribution in [2.75, 3.05) is 0 Å². The van der Waals surface area contributed by atoms with Gasteiger partial charge in [0, 0.05) is 11.9 Å². The predicted octanol–water partition coefficient (Wildman–Crippen LogP) is 1.46. The second-order valence-corrected chi connectivity index (χ2v) is 4.78. The van der Waals surface area contributed by atoms with E-state index in [1.807, 2.05) is 0 Å². The first-order chi connectivity index (χ1) is 7.78. The summed E-state index contributed by atoms with van der Waals surface area (Å²) in [5.41, 5.74) is 0.0559. The van der Waals surface area contributed by atoms with Crippen molar-refractivity contribution in [2.45, 2.75) is 39.3 Å². The Bertz CT molecular complexity index is 414. The number of carbonyl (C=O) groups excluding carboxylic acids is 1. The number of aromatic nitrogens is 1. The molecule has 5 heteroatoms. The van der Waals surface area contributed by atoms with Crippen LogP contribution >= 0.6 is 0 Å². The van der Waals surface area contributed by atoms with Gasteiger partial charge in [-0.15, -0.1) is 0 Å². The Labute approximate surface area is 100 Å². The Balaban J connectivity index is 2.65. The van der Waals surface area contributed by atoms with E-state index in [1.54, 1.807) is 43.7 Å². The largest absolute Gasteiger partial charge is 0.481 e. The van der Waals surface area contributed by atoms with E-state index in [-0.39, 0.29) is 18.9 Å². The highest BCUT2D eigenvalue weighted by Gasteiger charge is 2.17. The van der Waals surface area contributed by atoms with Gasteiger partial charge in [0.15, 0.2) is 0 Å². The molecule has 0 bridgehead atoms. The first kappa shape index (κ1) is 13.3. The number of hydrogen-bond donors (Lipinski definition) is 1. The highest BCUT2D eigenvalue weighted by atomic mass is 16.6. The zero-order chi connectivity index (χ0) is 13.1. The number of carboxylic acid groups (broad SMARTS) is 1. The fourth-order valence-corrected chi connectivity index (χ4v) is 1.43. The summed E-state index contributed by atoms with van der Waals surface area (Å²) in [6, 6.07) is 3.39. The Kier molecular flexibility index (Phi) is 3.93. The monoisotopic (exact) mass is 239 g/mol. The number of hydrogen-bond acceptors (Lipinski definition) is 3. The van der Waals surface area contributed by atoms with Crippen LogP contribution in [0.1, 0.15) is 26.5 Å². The van der Waals surface area contributed by atoms with Gasteiger partial charge in [0.05, 0.1) is 6.42 Å². The second-order valence-electron chi connectivity index (χ2n) is 4.78. The van der Waals surface area contributed by atoms with Crippen LogP contribution in [0, 0.1) is 0 Å². The van der Waals surface area contributed by atoms with E-state index in [9.17, 15) is 9.59 Å². The predicted molar refractivity (Wildman–Crippen MR) is 61.6 cm³/mol. The second kappa shape index (κ2) is 5.03. The summed E-state index contributed by atoms with van der Waals surface area (Å²) in [5, 5.41) is 8.70. The molecule has 94 valence electrons. The fraction of sp³-hybridized carbons (Fsp3) is 0.500. The van der Waals surface area contributed by atoms with E-state index >= 15 is 0 Å². The van der Waals surface area contributed by atoms with Gasteiger partial charge in [-0.3, -0.25) is 9.59 Å². The maximum absolute atomic E-state index is 11.6. The molecule has 5 nitrogen and oxygen atoms in total. The molecule has 0 saturated carbocycles. The lowest BCUT2D eigenvalue weighted by Crippen LogP contribution is -2.27. The molecule has 0 aromatic carbocycles. The maximum atomic E-state index is 11.6. The van der Waals surface area contributed by atoms with Gasteiger partial charge in [0.1, 0.15) is 12.1 Å². The molecule has 0 aliphatic carbocycles.